The first kappa shape index (κ1) is 18.0. The molecule has 0 amide bonds. The van der Waals surface area contributed by atoms with Crippen molar-refractivity contribution < 1.29 is 14.3 Å². The Labute approximate surface area is 156 Å². The second-order valence-corrected chi connectivity index (χ2v) is 6.25. The van der Waals surface area contributed by atoms with E-state index in [4.69, 9.17) is 16.3 Å². The van der Waals surface area contributed by atoms with Crippen molar-refractivity contribution in [3.8, 4) is 11.3 Å². The third-order valence-electron chi connectivity index (χ3n) is 4.13. The Morgan fingerprint density at radius 2 is 1.92 bits per heavy atom. The molecule has 0 aliphatic heterocycles. The average molecular weight is 368 g/mol. The highest BCUT2D eigenvalue weighted by Crippen LogP contribution is 2.30. The van der Waals surface area contributed by atoms with E-state index in [2.05, 4.69) is 4.98 Å². The normalized spacial score (nSPS) is 10.5. The van der Waals surface area contributed by atoms with Crippen LogP contribution in [0.4, 0.5) is 0 Å². The van der Waals surface area contributed by atoms with Gasteiger partial charge in [-0.05, 0) is 35.2 Å². The first-order chi connectivity index (χ1) is 12.6. The van der Waals surface area contributed by atoms with Gasteiger partial charge in [-0.15, -0.1) is 0 Å². The van der Waals surface area contributed by atoms with E-state index in [-0.39, 0.29) is 17.9 Å². The van der Waals surface area contributed by atoms with Gasteiger partial charge < -0.3 is 9.72 Å². The summed E-state index contributed by atoms with van der Waals surface area (Å²) in [7, 11) is 0. The van der Waals surface area contributed by atoms with Gasteiger partial charge in [-0.2, -0.15) is 0 Å². The Kier molecular flexibility index (Phi) is 5.54. The number of benzene rings is 2. The summed E-state index contributed by atoms with van der Waals surface area (Å²) in [5.74, 6) is -0.516. The molecule has 0 saturated carbocycles. The summed E-state index contributed by atoms with van der Waals surface area (Å²) in [5, 5.41) is 0.583. The molecule has 0 aliphatic carbocycles. The topological polar surface area (TPSA) is 59.2 Å². The quantitative estimate of drug-likeness (QED) is 0.489. The van der Waals surface area contributed by atoms with Crippen LogP contribution in [0, 0.1) is 0 Å². The van der Waals surface area contributed by atoms with E-state index in [0.717, 1.165) is 16.7 Å². The van der Waals surface area contributed by atoms with Gasteiger partial charge in [0.05, 0.1) is 17.0 Å². The summed E-state index contributed by atoms with van der Waals surface area (Å²) in [6.45, 7) is 2.08. The zero-order valence-corrected chi connectivity index (χ0v) is 15.0. The van der Waals surface area contributed by atoms with E-state index in [1.54, 1.807) is 12.1 Å². The molecule has 3 rings (SSSR count). The third-order valence-corrected chi connectivity index (χ3v) is 4.37. The van der Waals surface area contributed by atoms with Crippen LogP contribution in [-0.4, -0.2) is 17.2 Å². The smallest absolute Gasteiger partial charge is 0.341 e. The van der Waals surface area contributed by atoms with E-state index in [1.807, 2.05) is 49.4 Å². The lowest BCUT2D eigenvalue weighted by Gasteiger charge is -2.07. The van der Waals surface area contributed by atoms with Crippen LogP contribution in [0.1, 0.15) is 38.9 Å². The van der Waals surface area contributed by atoms with Crippen LogP contribution >= 0.6 is 11.6 Å². The molecule has 132 valence electrons. The minimum atomic E-state index is -0.516. The maximum absolute atomic E-state index is 12.7. The van der Waals surface area contributed by atoms with Crippen LogP contribution in [0.15, 0.2) is 54.6 Å². The number of aromatic nitrogens is 1. The lowest BCUT2D eigenvalue weighted by molar-refractivity contribution is 0.0470. The van der Waals surface area contributed by atoms with E-state index in [9.17, 15) is 9.59 Å². The minimum Gasteiger partial charge on any atom is -0.457 e. The molecule has 0 bridgehead atoms. The van der Waals surface area contributed by atoms with Gasteiger partial charge >= 0.3 is 5.97 Å². The zero-order chi connectivity index (χ0) is 18.5. The molecule has 0 aliphatic rings. The van der Waals surface area contributed by atoms with Crippen LogP contribution < -0.4 is 0 Å². The number of hydrogen-bond donors (Lipinski definition) is 1. The van der Waals surface area contributed by atoms with E-state index in [1.165, 1.54) is 0 Å². The Balaban J connectivity index is 1.95. The summed E-state index contributed by atoms with van der Waals surface area (Å²) in [6.07, 6.45) is 1.22. The molecule has 5 heteroatoms. The number of halogens is 1. The number of rotatable bonds is 6. The number of H-pyrrole nitrogens is 1. The fraction of sp³-hybridized carbons (Fsp3) is 0.143. The molecule has 1 N–H and O–H groups in total. The highest BCUT2D eigenvalue weighted by molar-refractivity contribution is 6.30. The van der Waals surface area contributed by atoms with Gasteiger partial charge in [0.1, 0.15) is 6.61 Å². The van der Waals surface area contributed by atoms with Gasteiger partial charge in [0.15, 0.2) is 6.29 Å². The van der Waals surface area contributed by atoms with E-state index < -0.39 is 5.97 Å². The molecule has 0 atom stereocenters. The Morgan fingerprint density at radius 1 is 1.15 bits per heavy atom. The van der Waals surface area contributed by atoms with Gasteiger partial charge in [0, 0.05) is 5.02 Å². The zero-order valence-electron chi connectivity index (χ0n) is 14.3. The van der Waals surface area contributed by atoms with Crippen molar-refractivity contribution in [2.45, 2.75) is 20.0 Å². The molecule has 1 aromatic heterocycles. The van der Waals surface area contributed by atoms with Crippen LogP contribution in [-0.2, 0) is 17.8 Å². The summed E-state index contributed by atoms with van der Waals surface area (Å²) < 4.78 is 5.43. The van der Waals surface area contributed by atoms with Gasteiger partial charge in [0.2, 0.25) is 0 Å². The molecule has 0 radical (unpaired) electrons. The Hall–Kier alpha value is -2.85. The number of esters is 1. The molecule has 3 aromatic rings. The highest BCUT2D eigenvalue weighted by atomic mass is 35.5. The molecule has 26 heavy (non-hydrogen) atoms. The fourth-order valence-electron chi connectivity index (χ4n) is 2.92. The highest BCUT2D eigenvalue weighted by Gasteiger charge is 2.24. The lowest BCUT2D eigenvalue weighted by Crippen LogP contribution is -2.09. The maximum Gasteiger partial charge on any atom is 0.341 e. The van der Waals surface area contributed by atoms with Gasteiger partial charge in [0.25, 0.3) is 0 Å². The molecular weight excluding hydrogens is 350 g/mol. The van der Waals surface area contributed by atoms with E-state index in [0.29, 0.717) is 23.4 Å². The second kappa shape index (κ2) is 8.02. The van der Waals surface area contributed by atoms with Crippen molar-refractivity contribution in [2.75, 3.05) is 0 Å². The molecule has 2 aromatic carbocycles. The minimum absolute atomic E-state index is 0.152. The number of aldehydes is 1. The summed E-state index contributed by atoms with van der Waals surface area (Å²) in [4.78, 5) is 27.2. The summed E-state index contributed by atoms with van der Waals surface area (Å²) >= 11 is 6.08. The number of aromatic amines is 1. The van der Waals surface area contributed by atoms with Crippen molar-refractivity contribution >= 4 is 23.9 Å². The Bertz CT molecular complexity index is 932. The predicted octanol–water partition coefficient (Wildman–Crippen LogP) is 5.07. The SMILES string of the molecule is CCc1c(-c2cccc(Cl)c2)[nH]c(C=O)c1C(=O)OCc1ccccc1. The van der Waals surface area contributed by atoms with Crippen LogP contribution in [0.25, 0.3) is 11.3 Å². The summed E-state index contributed by atoms with van der Waals surface area (Å²) in [5.41, 5.74) is 3.66. The van der Waals surface area contributed by atoms with Gasteiger partial charge in [-0.3, -0.25) is 4.79 Å². The molecule has 0 saturated heterocycles. The predicted molar refractivity (Wildman–Crippen MR) is 102 cm³/mol. The number of nitrogens with one attached hydrogen (secondary N) is 1. The second-order valence-electron chi connectivity index (χ2n) is 5.81. The largest absolute Gasteiger partial charge is 0.457 e. The van der Waals surface area contributed by atoms with E-state index >= 15 is 0 Å². The molecule has 4 nitrogen and oxygen atoms in total. The molecular formula is C21H18ClNO3. The van der Waals surface area contributed by atoms with Crippen molar-refractivity contribution in [3.05, 3.63) is 82.0 Å². The molecule has 0 fully saturated rings. The van der Waals surface area contributed by atoms with Crippen molar-refractivity contribution in [1.82, 2.24) is 4.98 Å². The van der Waals surface area contributed by atoms with Crippen LogP contribution in [0.5, 0.6) is 0 Å². The van der Waals surface area contributed by atoms with Gasteiger partial charge in [-0.1, -0.05) is 61.0 Å². The van der Waals surface area contributed by atoms with Crippen molar-refractivity contribution in [2.24, 2.45) is 0 Å². The average Bonchev–Trinajstić information content (AvgIpc) is 3.05. The first-order valence-corrected chi connectivity index (χ1v) is 8.68. The number of ether oxygens (including phenoxy) is 1. The summed E-state index contributed by atoms with van der Waals surface area (Å²) in [6, 6.07) is 16.7. The third kappa shape index (κ3) is 3.70. The fourth-order valence-corrected chi connectivity index (χ4v) is 3.11. The van der Waals surface area contributed by atoms with Crippen LogP contribution in [0.3, 0.4) is 0 Å². The van der Waals surface area contributed by atoms with Crippen molar-refractivity contribution in [1.29, 1.82) is 0 Å². The monoisotopic (exact) mass is 367 g/mol. The molecule has 0 unspecified atom stereocenters. The molecule has 1 heterocycles. The number of carbonyl (C=O) groups excluding carboxylic acids is 2. The standard InChI is InChI=1S/C21H18ClNO3/c1-2-17-19(21(25)26-13-14-7-4-3-5-8-14)18(12-24)23-20(17)15-9-6-10-16(22)11-15/h3-12,23H,2,13H2,1H3. The number of hydrogen-bond acceptors (Lipinski definition) is 3. The Morgan fingerprint density at radius 3 is 2.58 bits per heavy atom. The lowest BCUT2D eigenvalue weighted by atomic mass is 10.0. The van der Waals surface area contributed by atoms with Crippen molar-refractivity contribution in [3.63, 3.8) is 0 Å². The number of carbonyl (C=O) groups is 2. The molecule has 0 spiro atoms. The van der Waals surface area contributed by atoms with Crippen LogP contribution in [0.2, 0.25) is 5.02 Å². The first-order valence-electron chi connectivity index (χ1n) is 8.31. The van der Waals surface area contributed by atoms with Gasteiger partial charge in [-0.25, -0.2) is 4.79 Å². The maximum atomic E-state index is 12.7.